The normalized spacial score (nSPS) is 30.7. The molecular weight excluding hydrogens is 246 g/mol. The van der Waals surface area contributed by atoms with E-state index in [1.165, 1.54) is 6.42 Å². The average Bonchev–Trinajstić information content (AvgIpc) is 2.96. The molecule has 3 heteroatoms. The maximum absolute atomic E-state index is 12.1. The predicted octanol–water partition coefficient (Wildman–Crippen LogP) is 3.56. The largest absolute Gasteiger partial charge is 0.349 e. The Kier molecular flexibility index (Phi) is 3.06. The first kappa shape index (κ1) is 12.0. The van der Waals surface area contributed by atoms with Crippen molar-refractivity contribution in [1.82, 2.24) is 5.32 Å². The van der Waals surface area contributed by atoms with Gasteiger partial charge in [-0.25, -0.2) is 0 Å². The monoisotopic (exact) mass is 263 g/mol. The number of carbonyl (C=O) groups is 1. The Labute approximate surface area is 113 Å². The number of rotatable bonds is 3. The Morgan fingerprint density at radius 2 is 1.83 bits per heavy atom. The molecule has 3 unspecified atom stereocenters. The Balaban J connectivity index is 1.58. The summed E-state index contributed by atoms with van der Waals surface area (Å²) in [5.41, 5.74) is 1.11. The fourth-order valence-corrected chi connectivity index (χ4v) is 3.22. The Morgan fingerprint density at radius 3 is 2.44 bits per heavy atom. The molecule has 3 rings (SSSR count). The summed E-state index contributed by atoms with van der Waals surface area (Å²) < 4.78 is 0. The Bertz CT molecular complexity index is 446. The highest BCUT2D eigenvalue weighted by Gasteiger charge is 2.48. The van der Waals surface area contributed by atoms with Gasteiger partial charge >= 0.3 is 0 Å². The number of hydrogen-bond donors (Lipinski definition) is 1. The molecule has 2 fully saturated rings. The minimum atomic E-state index is 0.0618. The number of amides is 1. The molecule has 0 radical (unpaired) electrons. The van der Waals surface area contributed by atoms with E-state index in [0.717, 1.165) is 35.3 Å². The molecule has 0 saturated heterocycles. The van der Waals surface area contributed by atoms with Gasteiger partial charge in [0.25, 0.3) is 0 Å². The zero-order valence-corrected chi connectivity index (χ0v) is 11.3. The van der Waals surface area contributed by atoms with E-state index in [9.17, 15) is 4.79 Å². The van der Waals surface area contributed by atoms with Gasteiger partial charge in [0, 0.05) is 10.9 Å². The lowest BCUT2D eigenvalue weighted by Crippen LogP contribution is -2.32. The van der Waals surface area contributed by atoms with Gasteiger partial charge in [-0.15, -0.1) is 0 Å². The van der Waals surface area contributed by atoms with E-state index in [0.29, 0.717) is 0 Å². The van der Waals surface area contributed by atoms with Crippen molar-refractivity contribution in [3.05, 3.63) is 34.9 Å². The number of halogens is 1. The standard InChI is InChI=1S/C15H18ClNO/c1-9(10-2-4-14(16)5-3-10)17-15(18)13-7-11-6-12(11)8-13/h2-5,9,11-13H,6-8H2,1H3,(H,17,18). The third kappa shape index (κ3) is 2.39. The van der Waals surface area contributed by atoms with Crippen LogP contribution >= 0.6 is 11.6 Å². The summed E-state index contributed by atoms with van der Waals surface area (Å²) in [6.45, 7) is 2.02. The maximum Gasteiger partial charge on any atom is 0.223 e. The summed E-state index contributed by atoms with van der Waals surface area (Å²) in [6.07, 6.45) is 3.56. The molecule has 0 heterocycles. The molecule has 18 heavy (non-hydrogen) atoms. The second-order valence-electron chi connectivity index (χ2n) is 5.71. The summed E-state index contributed by atoms with van der Waals surface area (Å²) >= 11 is 5.86. The van der Waals surface area contributed by atoms with Gasteiger partial charge in [0.05, 0.1) is 6.04 Å². The van der Waals surface area contributed by atoms with Crippen LogP contribution in [0.5, 0.6) is 0 Å². The molecule has 2 saturated carbocycles. The Morgan fingerprint density at radius 1 is 1.22 bits per heavy atom. The van der Waals surface area contributed by atoms with Crippen LogP contribution in [0.4, 0.5) is 0 Å². The fraction of sp³-hybridized carbons (Fsp3) is 0.533. The first-order valence-corrected chi connectivity index (χ1v) is 7.07. The summed E-state index contributed by atoms with van der Waals surface area (Å²) in [6, 6.07) is 7.74. The molecule has 0 aliphatic heterocycles. The summed E-state index contributed by atoms with van der Waals surface area (Å²) in [5.74, 6) is 2.19. The van der Waals surface area contributed by atoms with E-state index in [2.05, 4.69) is 5.32 Å². The van der Waals surface area contributed by atoms with Gasteiger partial charge in [-0.05, 0) is 55.7 Å². The number of nitrogens with one attached hydrogen (secondary N) is 1. The second kappa shape index (κ2) is 4.58. The van der Waals surface area contributed by atoms with Crippen LogP contribution in [0.3, 0.4) is 0 Å². The quantitative estimate of drug-likeness (QED) is 0.888. The van der Waals surface area contributed by atoms with Crippen LogP contribution in [0.1, 0.15) is 37.8 Å². The molecule has 1 aromatic carbocycles. The first-order valence-electron chi connectivity index (χ1n) is 6.69. The van der Waals surface area contributed by atoms with Crippen LogP contribution in [0.25, 0.3) is 0 Å². The van der Waals surface area contributed by atoms with E-state index in [1.807, 2.05) is 31.2 Å². The molecule has 3 atom stereocenters. The number of carbonyl (C=O) groups excluding carboxylic acids is 1. The smallest absolute Gasteiger partial charge is 0.223 e. The lowest BCUT2D eigenvalue weighted by Gasteiger charge is -2.18. The number of hydrogen-bond acceptors (Lipinski definition) is 1. The highest BCUT2D eigenvalue weighted by atomic mass is 35.5. The van der Waals surface area contributed by atoms with E-state index in [4.69, 9.17) is 11.6 Å². The molecule has 1 N–H and O–H groups in total. The van der Waals surface area contributed by atoms with Crippen molar-refractivity contribution >= 4 is 17.5 Å². The molecular formula is C15H18ClNO. The maximum atomic E-state index is 12.1. The SMILES string of the molecule is CC(NC(=O)C1CC2CC2C1)c1ccc(Cl)cc1. The molecule has 0 bridgehead atoms. The molecule has 0 spiro atoms. The highest BCUT2D eigenvalue weighted by Crippen LogP contribution is 2.54. The fourth-order valence-electron chi connectivity index (χ4n) is 3.09. The van der Waals surface area contributed by atoms with Gasteiger partial charge < -0.3 is 5.32 Å². The summed E-state index contributed by atoms with van der Waals surface area (Å²) in [4.78, 5) is 12.1. The topological polar surface area (TPSA) is 29.1 Å². The number of fused-ring (bicyclic) bond motifs is 1. The van der Waals surface area contributed by atoms with Gasteiger partial charge in [0.1, 0.15) is 0 Å². The van der Waals surface area contributed by atoms with Crippen LogP contribution in [-0.4, -0.2) is 5.91 Å². The van der Waals surface area contributed by atoms with Crippen LogP contribution < -0.4 is 5.32 Å². The summed E-state index contributed by atoms with van der Waals surface area (Å²) in [7, 11) is 0. The number of benzene rings is 1. The van der Waals surface area contributed by atoms with Crippen molar-refractivity contribution in [3.8, 4) is 0 Å². The van der Waals surface area contributed by atoms with Crippen LogP contribution in [-0.2, 0) is 4.79 Å². The van der Waals surface area contributed by atoms with Crippen LogP contribution in [0.15, 0.2) is 24.3 Å². The van der Waals surface area contributed by atoms with Crippen molar-refractivity contribution in [1.29, 1.82) is 0 Å². The average molecular weight is 264 g/mol. The minimum absolute atomic E-state index is 0.0618. The van der Waals surface area contributed by atoms with Gasteiger partial charge in [-0.2, -0.15) is 0 Å². The molecule has 1 aromatic rings. The molecule has 2 aliphatic carbocycles. The first-order chi connectivity index (χ1) is 8.63. The third-order valence-corrected chi connectivity index (χ3v) is 4.60. The van der Waals surface area contributed by atoms with E-state index in [1.54, 1.807) is 0 Å². The van der Waals surface area contributed by atoms with Crippen molar-refractivity contribution in [3.63, 3.8) is 0 Å². The van der Waals surface area contributed by atoms with Gasteiger partial charge in [0.15, 0.2) is 0 Å². The predicted molar refractivity (Wildman–Crippen MR) is 72.3 cm³/mol. The third-order valence-electron chi connectivity index (χ3n) is 4.34. The molecule has 2 nitrogen and oxygen atoms in total. The van der Waals surface area contributed by atoms with Gasteiger partial charge in [-0.3, -0.25) is 4.79 Å². The zero-order chi connectivity index (χ0) is 12.7. The molecule has 96 valence electrons. The van der Waals surface area contributed by atoms with Crippen molar-refractivity contribution < 1.29 is 4.79 Å². The Hall–Kier alpha value is -1.02. The van der Waals surface area contributed by atoms with Crippen LogP contribution in [0.2, 0.25) is 5.02 Å². The van der Waals surface area contributed by atoms with E-state index < -0.39 is 0 Å². The van der Waals surface area contributed by atoms with Gasteiger partial charge in [-0.1, -0.05) is 23.7 Å². The summed E-state index contributed by atoms with van der Waals surface area (Å²) in [5, 5.41) is 3.85. The second-order valence-corrected chi connectivity index (χ2v) is 6.14. The highest BCUT2D eigenvalue weighted by molar-refractivity contribution is 6.30. The van der Waals surface area contributed by atoms with E-state index >= 15 is 0 Å². The van der Waals surface area contributed by atoms with Crippen LogP contribution in [0, 0.1) is 17.8 Å². The molecule has 0 aromatic heterocycles. The minimum Gasteiger partial charge on any atom is -0.349 e. The molecule has 1 amide bonds. The van der Waals surface area contributed by atoms with Crippen molar-refractivity contribution in [2.24, 2.45) is 17.8 Å². The lowest BCUT2D eigenvalue weighted by atomic mass is 10.0. The zero-order valence-electron chi connectivity index (χ0n) is 10.5. The van der Waals surface area contributed by atoms with E-state index in [-0.39, 0.29) is 17.9 Å². The molecule has 2 aliphatic rings. The lowest BCUT2D eigenvalue weighted by molar-refractivity contribution is -0.125. The van der Waals surface area contributed by atoms with Crippen molar-refractivity contribution in [2.75, 3.05) is 0 Å². The van der Waals surface area contributed by atoms with Gasteiger partial charge in [0.2, 0.25) is 5.91 Å². The van der Waals surface area contributed by atoms with Crippen molar-refractivity contribution in [2.45, 2.75) is 32.2 Å².